The van der Waals surface area contributed by atoms with Crippen molar-refractivity contribution in [3.63, 3.8) is 0 Å². The Bertz CT molecular complexity index is 1100. The number of carboxylic acid groups (broad SMARTS) is 1. The highest BCUT2D eigenvalue weighted by Gasteiger charge is 2.19. The van der Waals surface area contributed by atoms with Crippen molar-refractivity contribution in [2.45, 2.75) is 0 Å². The highest BCUT2D eigenvalue weighted by atomic mass is 32.2. The minimum absolute atomic E-state index is 0.0942. The van der Waals surface area contributed by atoms with Crippen molar-refractivity contribution in [2.24, 2.45) is 0 Å². The van der Waals surface area contributed by atoms with Crippen molar-refractivity contribution in [3.05, 3.63) is 72.0 Å². The molecule has 0 fully saturated rings. The van der Waals surface area contributed by atoms with Crippen LogP contribution in [0.1, 0.15) is 10.4 Å². The number of aromatic carboxylic acids is 1. The second-order valence-electron chi connectivity index (χ2n) is 5.93. The standard InChI is InChI=1S/C20H16FNO6S/c1-28-19-8-5-13(21)10-17(19)12-3-2-4-14(9-12)22(29(26)27)15-6-7-16(20(24)25)18(23)11-15/h2-11,23H,1H3,(H,24,25)(H,26,27). The highest BCUT2D eigenvalue weighted by molar-refractivity contribution is 7.81. The van der Waals surface area contributed by atoms with E-state index in [1.165, 1.54) is 31.4 Å². The third kappa shape index (κ3) is 4.20. The summed E-state index contributed by atoms with van der Waals surface area (Å²) in [6.07, 6.45) is 0. The summed E-state index contributed by atoms with van der Waals surface area (Å²) in [4.78, 5) is 11.1. The number of anilines is 2. The van der Waals surface area contributed by atoms with E-state index >= 15 is 0 Å². The van der Waals surface area contributed by atoms with Crippen molar-refractivity contribution in [3.8, 4) is 22.6 Å². The number of aromatic hydroxyl groups is 1. The van der Waals surface area contributed by atoms with E-state index in [4.69, 9.17) is 9.84 Å². The van der Waals surface area contributed by atoms with Gasteiger partial charge in [-0.05, 0) is 48.0 Å². The van der Waals surface area contributed by atoms with E-state index in [0.29, 0.717) is 16.9 Å². The van der Waals surface area contributed by atoms with Gasteiger partial charge < -0.3 is 14.9 Å². The molecule has 0 bridgehead atoms. The molecule has 3 aromatic carbocycles. The van der Waals surface area contributed by atoms with Gasteiger partial charge in [-0.15, -0.1) is 0 Å². The molecule has 150 valence electrons. The second-order valence-corrected chi connectivity index (χ2v) is 6.75. The fourth-order valence-corrected chi connectivity index (χ4v) is 3.45. The Kier molecular flexibility index (Phi) is 5.81. The Hall–Kier alpha value is -3.43. The third-order valence-electron chi connectivity index (χ3n) is 4.16. The molecule has 0 saturated carbocycles. The Morgan fingerprint density at radius 1 is 1.07 bits per heavy atom. The van der Waals surface area contributed by atoms with Crippen molar-refractivity contribution >= 4 is 28.6 Å². The van der Waals surface area contributed by atoms with Crippen LogP contribution in [0.25, 0.3) is 11.1 Å². The first-order chi connectivity index (χ1) is 13.8. The van der Waals surface area contributed by atoms with Gasteiger partial charge in [-0.25, -0.2) is 17.7 Å². The smallest absolute Gasteiger partial charge is 0.339 e. The predicted octanol–water partition coefficient (Wildman–Crippen LogP) is 4.18. The Morgan fingerprint density at radius 3 is 2.41 bits per heavy atom. The van der Waals surface area contributed by atoms with Crippen LogP contribution in [0.3, 0.4) is 0 Å². The van der Waals surface area contributed by atoms with E-state index in [1.807, 2.05) is 0 Å². The molecule has 1 unspecified atom stereocenters. The predicted molar refractivity (Wildman–Crippen MR) is 106 cm³/mol. The maximum Gasteiger partial charge on any atom is 0.339 e. The van der Waals surface area contributed by atoms with Crippen LogP contribution in [-0.4, -0.2) is 32.1 Å². The van der Waals surface area contributed by atoms with Gasteiger partial charge in [0.25, 0.3) is 11.3 Å². The van der Waals surface area contributed by atoms with Crippen LogP contribution in [0.15, 0.2) is 60.7 Å². The van der Waals surface area contributed by atoms with Crippen molar-refractivity contribution in [1.82, 2.24) is 0 Å². The number of phenols is 1. The van der Waals surface area contributed by atoms with E-state index in [-0.39, 0.29) is 16.9 Å². The van der Waals surface area contributed by atoms with Crippen molar-refractivity contribution < 1.29 is 32.9 Å². The molecule has 0 aliphatic carbocycles. The van der Waals surface area contributed by atoms with Crippen LogP contribution in [-0.2, 0) is 11.3 Å². The number of hydrogen-bond acceptors (Lipinski definition) is 4. The molecule has 7 nitrogen and oxygen atoms in total. The molecular weight excluding hydrogens is 401 g/mol. The number of carboxylic acids is 1. The van der Waals surface area contributed by atoms with Gasteiger partial charge in [-0.3, -0.25) is 4.55 Å². The molecule has 29 heavy (non-hydrogen) atoms. The molecule has 0 spiro atoms. The Balaban J connectivity index is 2.10. The lowest BCUT2D eigenvalue weighted by Gasteiger charge is -2.21. The Morgan fingerprint density at radius 2 is 1.79 bits per heavy atom. The number of rotatable bonds is 6. The third-order valence-corrected chi connectivity index (χ3v) is 4.89. The maximum absolute atomic E-state index is 13.7. The largest absolute Gasteiger partial charge is 0.507 e. The summed E-state index contributed by atoms with van der Waals surface area (Å²) in [7, 11) is 1.45. The van der Waals surface area contributed by atoms with Crippen LogP contribution in [0.4, 0.5) is 15.8 Å². The molecule has 3 aromatic rings. The lowest BCUT2D eigenvalue weighted by atomic mass is 10.0. The van der Waals surface area contributed by atoms with Gasteiger partial charge >= 0.3 is 5.97 Å². The summed E-state index contributed by atoms with van der Waals surface area (Å²) in [6.45, 7) is 0. The first kappa shape index (κ1) is 20.3. The van der Waals surface area contributed by atoms with Gasteiger partial charge in [0.05, 0.1) is 18.5 Å². The molecule has 0 radical (unpaired) electrons. The molecule has 0 amide bonds. The topological polar surface area (TPSA) is 107 Å². The van der Waals surface area contributed by atoms with Crippen LogP contribution < -0.4 is 9.04 Å². The number of hydrogen-bond donors (Lipinski definition) is 3. The first-order valence-corrected chi connectivity index (χ1v) is 9.29. The molecule has 0 saturated heterocycles. The second kappa shape index (κ2) is 8.29. The zero-order valence-electron chi connectivity index (χ0n) is 15.1. The van der Waals surface area contributed by atoms with E-state index in [1.54, 1.807) is 24.3 Å². The number of benzene rings is 3. The van der Waals surface area contributed by atoms with Crippen LogP contribution in [0, 0.1) is 5.82 Å². The summed E-state index contributed by atoms with van der Waals surface area (Å²) < 4.78 is 41.8. The quantitative estimate of drug-likeness (QED) is 0.520. The fraction of sp³-hybridized carbons (Fsp3) is 0.0500. The van der Waals surface area contributed by atoms with Gasteiger partial charge in [0.2, 0.25) is 0 Å². The van der Waals surface area contributed by atoms with Crippen LogP contribution in [0.5, 0.6) is 11.5 Å². The molecule has 9 heteroatoms. The molecule has 3 rings (SSSR count). The molecule has 0 aliphatic rings. The van der Waals surface area contributed by atoms with E-state index < -0.39 is 28.8 Å². The minimum atomic E-state index is -2.54. The first-order valence-electron chi connectivity index (χ1n) is 8.23. The monoisotopic (exact) mass is 417 g/mol. The minimum Gasteiger partial charge on any atom is -0.507 e. The number of halogens is 1. The SMILES string of the molecule is COc1ccc(F)cc1-c1cccc(N(c2ccc(C(=O)O)c(O)c2)S(=O)O)c1. The molecule has 0 aromatic heterocycles. The Labute approximate surface area is 168 Å². The lowest BCUT2D eigenvalue weighted by molar-refractivity contribution is 0.0693. The lowest BCUT2D eigenvalue weighted by Crippen LogP contribution is -2.19. The zero-order chi connectivity index (χ0) is 21.1. The molecular formula is C20H16FNO6S. The molecule has 3 N–H and O–H groups in total. The van der Waals surface area contributed by atoms with Gasteiger partial charge in [-0.2, -0.15) is 0 Å². The van der Waals surface area contributed by atoms with E-state index in [9.17, 15) is 23.1 Å². The van der Waals surface area contributed by atoms with Crippen LogP contribution in [0.2, 0.25) is 0 Å². The summed E-state index contributed by atoms with van der Waals surface area (Å²) in [5, 5.41) is 19.0. The van der Waals surface area contributed by atoms with Gasteiger partial charge in [0.1, 0.15) is 22.9 Å². The summed E-state index contributed by atoms with van der Waals surface area (Å²) in [6, 6.07) is 13.9. The highest BCUT2D eigenvalue weighted by Crippen LogP contribution is 2.36. The summed E-state index contributed by atoms with van der Waals surface area (Å²) >= 11 is -2.54. The molecule has 1 atom stereocenters. The number of ether oxygens (including phenoxy) is 1. The average Bonchev–Trinajstić information content (AvgIpc) is 2.68. The average molecular weight is 417 g/mol. The van der Waals surface area contributed by atoms with Gasteiger partial charge in [0, 0.05) is 11.6 Å². The van der Waals surface area contributed by atoms with Crippen molar-refractivity contribution in [1.29, 1.82) is 0 Å². The number of carbonyl (C=O) groups is 1. The van der Waals surface area contributed by atoms with E-state index in [2.05, 4.69) is 0 Å². The maximum atomic E-state index is 13.7. The molecule has 0 aliphatic heterocycles. The normalized spacial score (nSPS) is 11.7. The van der Waals surface area contributed by atoms with E-state index in [0.717, 1.165) is 16.4 Å². The zero-order valence-corrected chi connectivity index (χ0v) is 15.9. The fourth-order valence-electron chi connectivity index (χ4n) is 2.86. The number of methoxy groups -OCH3 is 1. The van der Waals surface area contributed by atoms with Crippen molar-refractivity contribution in [2.75, 3.05) is 11.4 Å². The van der Waals surface area contributed by atoms with Gasteiger partial charge in [-0.1, -0.05) is 12.1 Å². The summed E-state index contributed by atoms with van der Waals surface area (Å²) in [5.41, 5.74) is 0.993. The number of nitrogens with zero attached hydrogens (tertiary/aromatic N) is 1. The molecule has 0 heterocycles. The summed E-state index contributed by atoms with van der Waals surface area (Å²) in [5.74, 6) is -1.93. The van der Waals surface area contributed by atoms with Crippen LogP contribution >= 0.6 is 0 Å². The van der Waals surface area contributed by atoms with Gasteiger partial charge in [0.15, 0.2) is 0 Å².